The Hall–Kier alpha value is -1.13. The summed E-state index contributed by atoms with van der Waals surface area (Å²) in [5.41, 5.74) is 7.00. The van der Waals surface area contributed by atoms with Crippen LogP contribution in [0, 0.1) is 6.92 Å². The van der Waals surface area contributed by atoms with Crippen molar-refractivity contribution in [2.75, 3.05) is 6.54 Å². The van der Waals surface area contributed by atoms with Gasteiger partial charge in [-0.2, -0.15) is 0 Å². The van der Waals surface area contributed by atoms with Gasteiger partial charge in [0.15, 0.2) is 0 Å². The summed E-state index contributed by atoms with van der Waals surface area (Å²) in [7, 11) is 0. The van der Waals surface area contributed by atoms with Crippen molar-refractivity contribution in [2.24, 2.45) is 5.73 Å². The molecule has 0 bridgehead atoms. The maximum Gasteiger partial charge on any atom is 0.255 e. The first kappa shape index (κ1) is 14.3. The second-order valence-corrected chi connectivity index (χ2v) is 5.78. The molecule has 0 aromatic heterocycles. The first-order valence-corrected chi connectivity index (χ1v) is 7.13. The molecule has 1 aliphatic carbocycles. The molecule has 19 heavy (non-hydrogen) atoms. The Labute approximate surface area is 123 Å². The van der Waals surface area contributed by atoms with E-state index >= 15 is 0 Å². The first-order valence-electron chi connectivity index (χ1n) is 6.35. The Balaban J connectivity index is 2.19. The highest BCUT2D eigenvalue weighted by molar-refractivity contribution is 7.80. The molecule has 1 aliphatic rings. The fraction of sp³-hybridized carbons (Fsp3) is 0.429. The number of benzene rings is 1. The molecule has 1 aromatic rings. The number of thiocarbonyl (C=S) groups is 1. The van der Waals surface area contributed by atoms with Crippen LogP contribution in [0.3, 0.4) is 0 Å². The molecule has 0 unspecified atom stereocenters. The Morgan fingerprint density at radius 1 is 1.53 bits per heavy atom. The molecule has 5 heteroatoms. The second-order valence-electron chi connectivity index (χ2n) is 4.88. The third-order valence-electron chi connectivity index (χ3n) is 3.27. The smallest absolute Gasteiger partial charge is 0.255 e. The van der Waals surface area contributed by atoms with Crippen LogP contribution >= 0.6 is 23.8 Å². The highest BCUT2D eigenvalue weighted by Crippen LogP contribution is 2.30. The number of aryl methyl sites for hydroxylation is 1. The minimum absolute atomic E-state index is 0.0209. The fourth-order valence-corrected chi connectivity index (χ4v) is 2.33. The van der Waals surface area contributed by atoms with Crippen LogP contribution in [0.15, 0.2) is 18.2 Å². The van der Waals surface area contributed by atoms with Crippen LogP contribution in [0.1, 0.15) is 35.2 Å². The molecule has 1 amide bonds. The zero-order valence-electron chi connectivity index (χ0n) is 10.9. The van der Waals surface area contributed by atoms with Gasteiger partial charge in [-0.25, -0.2) is 0 Å². The normalized spacial score (nSPS) is 14.2. The Morgan fingerprint density at radius 3 is 2.79 bits per heavy atom. The van der Waals surface area contributed by atoms with E-state index in [0.29, 0.717) is 34.6 Å². The third kappa shape index (κ3) is 3.45. The van der Waals surface area contributed by atoms with Crippen LogP contribution in [-0.2, 0) is 0 Å². The third-order valence-corrected chi connectivity index (χ3v) is 3.98. The molecule has 0 heterocycles. The molecule has 1 fully saturated rings. The summed E-state index contributed by atoms with van der Waals surface area (Å²) in [6.07, 6.45) is 2.65. The number of nitrogens with zero attached hydrogens (tertiary/aromatic N) is 1. The summed E-state index contributed by atoms with van der Waals surface area (Å²) < 4.78 is 0. The molecular formula is C14H17ClN2OS. The van der Waals surface area contributed by atoms with Crippen molar-refractivity contribution in [3.8, 4) is 0 Å². The SMILES string of the molecule is Cc1cccc(C(=O)N(CCC(N)=S)C2CC2)c1Cl. The van der Waals surface area contributed by atoms with Gasteiger partial charge in [0.05, 0.1) is 15.6 Å². The van der Waals surface area contributed by atoms with Crippen LogP contribution in [0.25, 0.3) is 0 Å². The predicted octanol–water partition coefficient (Wildman–Crippen LogP) is 2.93. The maximum atomic E-state index is 12.6. The van der Waals surface area contributed by atoms with Crippen molar-refractivity contribution >= 4 is 34.7 Å². The minimum Gasteiger partial charge on any atom is -0.393 e. The molecular weight excluding hydrogens is 280 g/mol. The zero-order chi connectivity index (χ0) is 14.0. The van der Waals surface area contributed by atoms with E-state index in [-0.39, 0.29) is 5.91 Å². The number of rotatable bonds is 5. The summed E-state index contributed by atoms with van der Waals surface area (Å²) in [5.74, 6) is -0.0209. The van der Waals surface area contributed by atoms with Gasteiger partial charge in [-0.05, 0) is 31.4 Å². The molecule has 2 rings (SSSR count). The number of halogens is 1. The Bertz CT molecular complexity index is 514. The van der Waals surface area contributed by atoms with Crippen molar-refractivity contribution in [3.63, 3.8) is 0 Å². The van der Waals surface area contributed by atoms with E-state index in [9.17, 15) is 4.79 Å². The van der Waals surface area contributed by atoms with E-state index in [4.69, 9.17) is 29.6 Å². The summed E-state index contributed by atoms with van der Waals surface area (Å²) in [6.45, 7) is 2.47. The van der Waals surface area contributed by atoms with Crippen LogP contribution in [0.5, 0.6) is 0 Å². The van der Waals surface area contributed by atoms with Gasteiger partial charge in [-0.3, -0.25) is 4.79 Å². The molecule has 0 spiro atoms. The minimum atomic E-state index is -0.0209. The van der Waals surface area contributed by atoms with Crippen LogP contribution in [0.2, 0.25) is 5.02 Å². The van der Waals surface area contributed by atoms with Gasteiger partial charge >= 0.3 is 0 Å². The monoisotopic (exact) mass is 296 g/mol. The lowest BCUT2D eigenvalue weighted by atomic mass is 10.1. The van der Waals surface area contributed by atoms with Gasteiger partial charge < -0.3 is 10.6 Å². The van der Waals surface area contributed by atoms with Crippen molar-refractivity contribution in [3.05, 3.63) is 34.3 Å². The number of hydrogen-bond donors (Lipinski definition) is 1. The molecule has 0 saturated heterocycles. The average Bonchev–Trinajstić information content (AvgIpc) is 3.17. The molecule has 0 atom stereocenters. The van der Waals surface area contributed by atoms with E-state index in [1.54, 1.807) is 6.07 Å². The summed E-state index contributed by atoms with van der Waals surface area (Å²) in [6, 6.07) is 5.84. The lowest BCUT2D eigenvalue weighted by Gasteiger charge is -2.23. The largest absolute Gasteiger partial charge is 0.393 e. The molecule has 102 valence electrons. The molecule has 3 nitrogen and oxygen atoms in total. The highest BCUT2D eigenvalue weighted by atomic mass is 35.5. The molecule has 2 N–H and O–H groups in total. The maximum absolute atomic E-state index is 12.6. The van der Waals surface area contributed by atoms with E-state index in [2.05, 4.69) is 0 Å². The lowest BCUT2D eigenvalue weighted by Crippen LogP contribution is -2.35. The number of nitrogens with two attached hydrogens (primary N) is 1. The second kappa shape index (κ2) is 5.88. The van der Waals surface area contributed by atoms with Gasteiger partial charge in [-0.15, -0.1) is 0 Å². The Kier molecular flexibility index (Phi) is 4.42. The van der Waals surface area contributed by atoms with E-state index in [1.807, 2.05) is 24.0 Å². The van der Waals surface area contributed by atoms with E-state index in [0.717, 1.165) is 18.4 Å². The summed E-state index contributed by atoms with van der Waals surface area (Å²) in [5, 5.41) is 0.536. The van der Waals surface area contributed by atoms with Crippen molar-refractivity contribution in [1.82, 2.24) is 4.90 Å². The van der Waals surface area contributed by atoms with Crippen molar-refractivity contribution < 1.29 is 4.79 Å². The van der Waals surface area contributed by atoms with Crippen LogP contribution in [-0.4, -0.2) is 28.4 Å². The lowest BCUT2D eigenvalue weighted by molar-refractivity contribution is 0.0748. The van der Waals surface area contributed by atoms with E-state index in [1.165, 1.54) is 0 Å². The molecule has 1 saturated carbocycles. The van der Waals surface area contributed by atoms with Gasteiger partial charge in [0, 0.05) is 19.0 Å². The number of hydrogen-bond acceptors (Lipinski definition) is 2. The van der Waals surface area contributed by atoms with Crippen molar-refractivity contribution in [1.29, 1.82) is 0 Å². The molecule has 1 aromatic carbocycles. The number of amides is 1. The van der Waals surface area contributed by atoms with Crippen LogP contribution < -0.4 is 5.73 Å². The number of carbonyl (C=O) groups is 1. The van der Waals surface area contributed by atoms with Gasteiger partial charge in [0.2, 0.25) is 0 Å². The van der Waals surface area contributed by atoms with Crippen molar-refractivity contribution in [2.45, 2.75) is 32.2 Å². The first-order chi connectivity index (χ1) is 9.00. The van der Waals surface area contributed by atoms with Gasteiger partial charge in [0.25, 0.3) is 5.91 Å². The fourth-order valence-electron chi connectivity index (χ4n) is 2.03. The van der Waals surface area contributed by atoms with Gasteiger partial charge in [-0.1, -0.05) is 36.0 Å². The molecule has 0 radical (unpaired) electrons. The predicted molar refractivity (Wildman–Crippen MR) is 81.6 cm³/mol. The molecule has 0 aliphatic heterocycles. The van der Waals surface area contributed by atoms with E-state index < -0.39 is 0 Å². The highest BCUT2D eigenvalue weighted by Gasteiger charge is 2.33. The van der Waals surface area contributed by atoms with Gasteiger partial charge in [0.1, 0.15) is 0 Å². The topological polar surface area (TPSA) is 46.3 Å². The standard InChI is InChI=1S/C14H17ClN2OS/c1-9-3-2-4-11(13(9)15)14(18)17(10-5-6-10)8-7-12(16)19/h2-4,10H,5-8H2,1H3,(H2,16,19). The number of carbonyl (C=O) groups excluding carboxylic acids is 1. The Morgan fingerprint density at radius 2 is 2.21 bits per heavy atom. The quantitative estimate of drug-likeness (QED) is 0.850. The zero-order valence-corrected chi connectivity index (χ0v) is 12.4. The summed E-state index contributed by atoms with van der Waals surface area (Å²) in [4.78, 5) is 14.9. The average molecular weight is 297 g/mol. The summed E-state index contributed by atoms with van der Waals surface area (Å²) >= 11 is 11.1. The van der Waals surface area contributed by atoms with Crippen LogP contribution in [0.4, 0.5) is 0 Å².